The molecule has 0 aliphatic carbocycles. The van der Waals surface area contributed by atoms with Crippen LogP contribution < -0.4 is 4.74 Å². The zero-order valence-electron chi connectivity index (χ0n) is 14.3. The van der Waals surface area contributed by atoms with Crippen LogP contribution in [0.4, 0.5) is 4.39 Å². The molecule has 1 amide bonds. The van der Waals surface area contributed by atoms with Crippen molar-refractivity contribution in [3.05, 3.63) is 60.2 Å². The van der Waals surface area contributed by atoms with Crippen LogP contribution in [-0.2, 0) is 4.74 Å². The van der Waals surface area contributed by atoms with Crippen LogP contribution in [0.15, 0.2) is 48.8 Å². The molecule has 1 aromatic heterocycles. The molecule has 0 spiro atoms. The number of aromatic nitrogens is 1. The molecule has 25 heavy (non-hydrogen) atoms. The van der Waals surface area contributed by atoms with Gasteiger partial charge in [0.15, 0.2) is 5.82 Å². The van der Waals surface area contributed by atoms with Crippen LogP contribution in [-0.4, -0.2) is 47.2 Å². The van der Waals surface area contributed by atoms with E-state index >= 15 is 0 Å². The molecule has 1 fully saturated rings. The highest BCUT2D eigenvalue weighted by atomic mass is 19.1. The summed E-state index contributed by atoms with van der Waals surface area (Å²) in [5.74, 6) is -0.234. The Morgan fingerprint density at radius 1 is 1.36 bits per heavy atom. The third kappa shape index (κ3) is 4.33. The van der Waals surface area contributed by atoms with Gasteiger partial charge >= 0.3 is 0 Å². The van der Waals surface area contributed by atoms with Gasteiger partial charge in [0.1, 0.15) is 18.5 Å². The van der Waals surface area contributed by atoms with Crippen LogP contribution in [0.2, 0.25) is 0 Å². The van der Waals surface area contributed by atoms with E-state index in [1.54, 1.807) is 4.90 Å². The van der Waals surface area contributed by atoms with Gasteiger partial charge in [0.05, 0.1) is 23.9 Å². The van der Waals surface area contributed by atoms with Gasteiger partial charge < -0.3 is 14.4 Å². The molecule has 2 aromatic rings. The molecule has 1 aliphatic rings. The summed E-state index contributed by atoms with van der Waals surface area (Å²) in [6, 6.07) is 10.8. The molecule has 1 aromatic carbocycles. The average molecular weight is 344 g/mol. The normalized spacial score (nSPS) is 19.5. The van der Waals surface area contributed by atoms with Crippen molar-refractivity contribution >= 4 is 5.91 Å². The molecule has 2 heterocycles. The minimum atomic E-state index is -0.617. The van der Waals surface area contributed by atoms with Gasteiger partial charge in [-0.25, -0.2) is 4.39 Å². The van der Waals surface area contributed by atoms with Crippen LogP contribution in [0.5, 0.6) is 5.75 Å². The third-order valence-electron chi connectivity index (χ3n) is 3.95. The van der Waals surface area contributed by atoms with Crippen LogP contribution in [0, 0.1) is 5.82 Å². The maximum atomic E-state index is 13.9. The first kappa shape index (κ1) is 17.4. The van der Waals surface area contributed by atoms with Crippen molar-refractivity contribution in [2.45, 2.75) is 25.6 Å². The maximum Gasteiger partial charge on any atom is 0.257 e. The zero-order chi connectivity index (χ0) is 17.9. The number of halogens is 1. The second kappa shape index (κ2) is 7.19. The first-order valence-corrected chi connectivity index (χ1v) is 8.19. The first-order chi connectivity index (χ1) is 11.9. The van der Waals surface area contributed by atoms with E-state index in [2.05, 4.69) is 4.98 Å². The summed E-state index contributed by atoms with van der Waals surface area (Å²) in [6.07, 6.45) is 2.17. The van der Waals surface area contributed by atoms with E-state index in [0.717, 1.165) is 11.9 Å². The highest BCUT2D eigenvalue weighted by Gasteiger charge is 2.36. The van der Waals surface area contributed by atoms with E-state index in [1.807, 2.05) is 44.2 Å². The number of carbonyl (C=O) groups excluding carboxylic acids is 1. The molecule has 132 valence electrons. The van der Waals surface area contributed by atoms with E-state index in [0.29, 0.717) is 19.7 Å². The van der Waals surface area contributed by atoms with Crippen LogP contribution in [0.1, 0.15) is 24.2 Å². The molecule has 0 saturated carbocycles. The Labute approximate surface area is 146 Å². The Morgan fingerprint density at radius 3 is 2.84 bits per heavy atom. The van der Waals surface area contributed by atoms with E-state index in [1.165, 1.54) is 12.3 Å². The van der Waals surface area contributed by atoms with E-state index in [4.69, 9.17) is 9.47 Å². The zero-order valence-corrected chi connectivity index (χ0v) is 14.3. The molecule has 1 saturated heterocycles. The standard InChI is InChI=1S/C19H21FN2O3/c1-19(2)13-22(18(23)16-8-9-21-10-17(16)20)11-15(25-19)12-24-14-6-4-3-5-7-14/h3-10,15H,11-13H2,1-2H3/t15-/m0/s1. The second-order valence-corrected chi connectivity index (χ2v) is 6.66. The van der Waals surface area contributed by atoms with Crippen LogP contribution >= 0.6 is 0 Å². The predicted molar refractivity (Wildman–Crippen MR) is 91.0 cm³/mol. The number of morpholine rings is 1. The van der Waals surface area contributed by atoms with E-state index < -0.39 is 11.4 Å². The van der Waals surface area contributed by atoms with E-state index in [9.17, 15) is 9.18 Å². The monoisotopic (exact) mass is 344 g/mol. The van der Waals surface area contributed by atoms with Gasteiger partial charge in [-0.05, 0) is 32.0 Å². The van der Waals surface area contributed by atoms with Crippen LogP contribution in [0.3, 0.4) is 0 Å². The number of carbonyl (C=O) groups is 1. The Bertz CT molecular complexity index is 736. The first-order valence-electron chi connectivity index (χ1n) is 8.19. The van der Waals surface area contributed by atoms with Crippen molar-refractivity contribution in [2.24, 2.45) is 0 Å². The quantitative estimate of drug-likeness (QED) is 0.856. The number of para-hydroxylation sites is 1. The van der Waals surface area contributed by atoms with Gasteiger partial charge in [0.25, 0.3) is 5.91 Å². The summed E-state index contributed by atoms with van der Waals surface area (Å²) in [5.41, 5.74) is -0.516. The van der Waals surface area contributed by atoms with Crippen molar-refractivity contribution in [1.82, 2.24) is 9.88 Å². The number of pyridine rings is 1. The van der Waals surface area contributed by atoms with Crippen molar-refractivity contribution < 1.29 is 18.7 Å². The number of ether oxygens (including phenoxy) is 2. The lowest BCUT2D eigenvalue weighted by Crippen LogP contribution is -2.56. The number of amides is 1. The smallest absolute Gasteiger partial charge is 0.257 e. The van der Waals surface area contributed by atoms with Gasteiger partial charge in [-0.15, -0.1) is 0 Å². The van der Waals surface area contributed by atoms with Crippen LogP contribution in [0.25, 0.3) is 0 Å². The number of hydrogen-bond acceptors (Lipinski definition) is 4. The lowest BCUT2D eigenvalue weighted by Gasteiger charge is -2.42. The minimum Gasteiger partial charge on any atom is -0.491 e. The van der Waals surface area contributed by atoms with Crippen molar-refractivity contribution in [2.75, 3.05) is 19.7 Å². The number of benzene rings is 1. The molecule has 1 aliphatic heterocycles. The number of hydrogen-bond donors (Lipinski definition) is 0. The van der Waals surface area contributed by atoms with E-state index in [-0.39, 0.29) is 17.6 Å². The predicted octanol–water partition coefficient (Wildman–Crippen LogP) is 2.92. The third-order valence-corrected chi connectivity index (χ3v) is 3.95. The molecule has 0 unspecified atom stereocenters. The fraction of sp³-hybridized carbons (Fsp3) is 0.368. The Morgan fingerprint density at radius 2 is 2.12 bits per heavy atom. The largest absolute Gasteiger partial charge is 0.491 e. The summed E-state index contributed by atoms with van der Waals surface area (Å²) >= 11 is 0. The van der Waals surface area contributed by atoms with Crippen molar-refractivity contribution in [3.63, 3.8) is 0 Å². The van der Waals surface area contributed by atoms with Gasteiger partial charge in [0.2, 0.25) is 0 Å². The highest BCUT2D eigenvalue weighted by molar-refractivity contribution is 5.94. The molecular formula is C19H21FN2O3. The lowest BCUT2D eigenvalue weighted by atomic mass is 10.0. The minimum absolute atomic E-state index is 0.0235. The molecule has 0 N–H and O–H groups in total. The summed E-state index contributed by atoms with van der Waals surface area (Å²) in [6.45, 7) is 4.86. The Balaban J connectivity index is 1.70. The summed E-state index contributed by atoms with van der Waals surface area (Å²) in [7, 11) is 0. The molecule has 0 radical (unpaired) electrons. The molecule has 6 heteroatoms. The number of nitrogens with zero attached hydrogens (tertiary/aromatic N) is 2. The fourth-order valence-corrected chi connectivity index (χ4v) is 2.96. The Kier molecular flexibility index (Phi) is 4.99. The fourth-order valence-electron chi connectivity index (χ4n) is 2.96. The Hall–Kier alpha value is -2.47. The SMILES string of the molecule is CC1(C)CN(C(=O)c2ccncc2F)C[C@@H](COc2ccccc2)O1. The summed E-state index contributed by atoms with van der Waals surface area (Å²) in [5, 5.41) is 0. The molecule has 0 bridgehead atoms. The number of rotatable bonds is 4. The summed E-state index contributed by atoms with van der Waals surface area (Å²) < 4.78 is 25.7. The van der Waals surface area contributed by atoms with Gasteiger partial charge in [-0.1, -0.05) is 18.2 Å². The molecule has 5 nitrogen and oxygen atoms in total. The van der Waals surface area contributed by atoms with Crippen molar-refractivity contribution in [1.29, 1.82) is 0 Å². The van der Waals surface area contributed by atoms with Gasteiger partial charge in [-0.2, -0.15) is 0 Å². The van der Waals surface area contributed by atoms with Gasteiger partial charge in [0, 0.05) is 12.7 Å². The highest BCUT2D eigenvalue weighted by Crippen LogP contribution is 2.24. The average Bonchev–Trinajstić information content (AvgIpc) is 2.59. The van der Waals surface area contributed by atoms with Gasteiger partial charge in [-0.3, -0.25) is 9.78 Å². The molecule has 1 atom stereocenters. The molecular weight excluding hydrogens is 323 g/mol. The second-order valence-electron chi connectivity index (χ2n) is 6.66. The topological polar surface area (TPSA) is 51.7 Å². The molecule has 3 rings (SSSR count). The lowest BCUT2D eigenvalue weighted by molar-refractivity contribution is -0.136. The summed E-state index contributed by atoms with van der Waals surface area (Å²) in [4.78, 5) is 18.0. The maximum absolute atomic E-state index is 13.9. The van der Waals surface area contributed by atoms with Crippen molar-refractivity contribution in [3.8, 4) is 5.75 Å².